The average Bonchev–Trinajstić information content (AvgIpc) is 3.08. The van der Waals surface area contributed by atoms with Crippen molar-refractivity contribution < 1.29 is 14.7 Å². The number of carboxylic acid groups (broad SMARTS) is 1. The van der Waals surface area contributed by atoms with Gasteiger partial charge in [-0.25, -0.2) is 4.79 Å². The highest BCUT2D eigenvalue weighted by molar-refractivity contribution is 5.99. The Balaban J connectivity index is 2.04. The molecule has 118 valence electrons. The van der Waals surface area contributed by atoms with Crippen LogP contribution in [-0.4, -0.2) is 35.0 Å². The first kappa shape index (κ1) is 15.3. The molecule has 2 aromatic carbocycles. The molecule has 4 heteroatoms. The van der Waals surface area contributed by atoms with Gasteiger partial charge in [0, 0.05) is 18.7 Å². The molecule has 0 radical (unpaired) electrons. The molecule has 0 bridgehead atoms. The van der Waals surface area contributed by atoms with E-state index in [4.69, 9.17) is 0 Å². The molecule has 1 fully saturated rings. The lowest BCUT2D eigenvalue weighted by atomic mass is 9.98. The predicted molar refractivity (Wildman–Crippen MR) is 88.7 cm³/mol. The summed E-state index contributed by atoms with van der Waals surface area (Å²) in [4.78, 5) is 25.8. The molecule has 1 N–H and O–H groups in total. The van der Waals surface area contributed by atoms with Gasteiger partial charge in [0.05, 0.1) is 5.56 Å². The van der Waals surface area contributed by atoms with Gasteiger partial charge in [-0.15, -0.1) is 0 Å². The zero-order valence-corrected chi connectivity index (χ0v) is 13.1. The third-order valence-corrected chi connectivity index (χ3v) is 4.21. The van der Waals surface area contributed by atoms with Crippen LogP contribution in [0.4, 0.5) is 0 Å². The van der Waals surface area contributed by atoms with E-state index < -0.39 is 5.97 Å². The fraction of sp³-hybridized carbons (Fsp3) is 0.263. The van der Waals surface area contributed by atoms with E-state index in [9.17, 15) is 14.7 Å². The minimum Gasteiger partial charge on any atom is -0.478 e. The summed E-state index contributed by atoms with van der Waals surface area (Å²) in [6.07, 6.45) is 2.02. The van der Waals surface area contributed by atoms with E-state index in [1.807, 2.05) is 31.2 Å². The normalized spacial score (nSPS) is 14.0. The lowest BCUT2D eigenvalue weighted by Crippen LogP contribution is -2.27. The van der Waals surface area contributed by atoms with Crippen LogP contribution < -0.4 is 0 Å². The largest absolute Gasteiger partial charge is 0.478 e. The highest BCUT2D eigenvalue weighted by Gasteiger charge is 2.21. The molecule has 0 unspecified atom stereocenters. The maximum absolute atomic E-state index is 12.6. The number of likely N-dealkylation sites (tertiary alicyclic amines) is 1. The predicted octanol–water partition coefficient (Wildman–Crippen LogP) is 3.60. The zero-order chi connectivity index (χ0) is 16.4. The first-order chi connectivity index (χ1) is 11.0. The quantitative estimate of drug-likeness (QED) is 0.942. The fourth-order valence-corrected chi connectivity index (χ4v) is 2.89. The number of carbonyl (C=O) groups is 2. The smallest absolute Gasteiger partial charge is 0.335 e. The van der Waals surface area contributed by atoms with Crippen LogP contribution in [0.2, 0.25) is 0 Å². The van der Waals surface area contributed by atoms with Gasteiger partial charge in [-0.1, -0.05) is 29.8 Å². The molecule has 1 heterocycles. The summed E-state index contributed by atoms with van der Waals surface area (Å²) in [7, 11) is 0. The van der Waals surface area contributed by atoms with Crippen LogP contribution in [0.15, 0.2) is 42.5 Å². The Bertz CT molecular complexity index is 744. The summed E-state index contributed by atoms with van der Waals surface area (Å²) in [5.41, 5.74) is 3.39. The molecule has 2 aromatic rings. The molecule has 4 nitrogen and oxygen atoms in total. The second-order valence-electron chi connectivity index (χ2n) is 5.97. The number of carboxylic acids is 1. The maximum Gasteiger partial charge on any atom is 0.335 e. The van der Waals surface area contributed by atoms with Crippen LogP contribution >= 0.6 is 0 Å². The Morgan fingerprint density at radius 3 is 2.13 bits per heavy atom. The number of hydrogen-bond donors (Lipinski definition) is 1. The molecule has 0 aliphatic carbocycles. The molecule has 0 atom stereocenters. The second kappa shape index (κ2) is 6.24. The summed E-state index contributed by atoms with van der Waals surface area (Å²) in [6, 6.07) is 12.7. The van der Waals surface area contributed by atoms with Gasteiger partial charge >= 0.3 is 5.97 Å². The monoisotopic (exact) mass is 309 g/mol. The van der Waals surface area contributed by atoms with Gasteiger partial charge in [0.2, 0.25) is 0 Å². The SMILES string of the molecule is Cc1ccc(-c2cc(C(=O)O)cc(C(=O)N3CCCC3)c2)cc1. The van der Waals surface area contributed by atoms with Crippen LogP contribution in [0, 0.1) is 6.92 Å². The molecule has 0 saturated carbocycles. The standard InChI is InChI=1S/C19H19NO3/c1-13-4-6-14(7-5-13)15-10-16(12-17(11-15)19(22)23)18(21)20-8-2-3-9-20/h4-7,10-12H,2-3,8-9H2,1H3,(H,22,23). The van der Waals surface area contributed by atoms with Crippen molar-refractivity contribution in [3.05, 3.63) is 59.2 Å². The lowest BCUT2D eigenvalue weighted by Gasteiger charge is -2.16. The van der Waals surface area contributed by atoms with Crippen molar-refractivity contribution >= 4 is 11.9 Å². The van der Waals surface area contributed by atoms with Gasteiger partial charge in [0.25, 0.3) is 5.91 Å². The van der Waals surface area contributed by atoms with Crippen molar-refractivity contribution in [2.24, 2.45) is 0 Å². The van der Waals surface area contributed by atoms with Crippen LogP contribution in [0.1, 0.15) is 39.1 Å². The molecule has 1 saturated heterocycles. The van der Waals surface area contributed by atoms with E-state index in [1.165, 1.54) is 6.07 Å². The molecule has 3 rings (SSSR count). The van der Waals surface area contributed by atoms with Crippen molar-refractivity contribution in [2.45, 2.75) is 19.8 Å². The number of carbonyl (C=O) groups excluding carboxylic acids is 1. The van der Waals surface area contributed by atoms with Crippen molar-refractivity contribution in [2.75, 3.05) is 13.1 Å². The van der Waals surface area contributed by atoms with E-state index in [2.05, 4.69) is 0 Å². The molecule has 1 aliphatic heterocycles. The van der Waals surface area contributed by atoms with Crippen molar-refractivity contribution in [1.29, 1.82) is 0 Å². The van der Waals surface area contributed by atoms with Crippen LogP contribution in [0.25, 0.3) is 11.1 Å². The minimum absolute atomic E-state index is 0.0843. The molecule has 1 amide bonds. The third-order valence-electron chi connectivity index (χ3n) is 4.21. The van der Waals surface area contributed by atoms with E-state index >= 15 is 0 Å². The summed E-state index contributed by atoms with van der Waals surface area (Å²) in [6.45, 7) is 3.49. The zero-order valence-electron chi connectivity index (χ0n) is 13.1. The first-order valence-electron chi connectivity index (χ1n) is 7.79. The van der Waals surface area contributed by atoms with Gasteiger partial charge in [-0.3, -0.25) is 4.79 Å². The Labute approximate surface area is 135 Å². The number of nitrogens with zero attached hydrogens (tertiary/aromatic N) is 1. The van der Waals surface area contributed by atoms with Crippen LogP contribution in [0.3, 0.4) is 0 Å². The van der Waals surface area contributed by atoms with E-state index in [-0.39, 0.29) is 11.5 Å². The van der Waals surface area contributed by atoms with E-state index in [1.54, 1.807) is 17.0 Å². The average molecular weight is 309 g/mol. The minimum atomic E-state index is -1.02. The Morgan fingerprint density at radius 2 is 1.52 bits per heavy atom. The molecule has 1 aliphatic rings. The number of amides is 1. The van der Waals surface area contributed by atoms with Gasteiger partial charge < -0.3 is 10.0 Å². The van der Waals surface area contributed by atoms with Gasteiger partial charge in [0.15, 0.2) is 0 Å². The van der Waals surface area contributed by atoms with Crippen LogP contribution in [0.5, 0.6) is 0 Å². The van der Waals surface area contributed by atoms with Crippen molar-refractivity contribution in [3.63, 3.8) is 0 Å². The Kier molecular flexibility index (Phi) is 4.15. The van der Waals surface area contributed by atoms with Gasteiger partial charge in [-0.2, -0.15) is 0 Å². The van der Waals surface area contributed by atoms with E-state index in [0.29, 0.717) is 5.56 Å². The highest BCUT2D eigenvalue weighted by atomic mass is 16.4. The van der Waals surface area contributed by atoms with Gasteiger partial charge in [-0.05, 0) is 49.1 Å². The molecular weight excluding hydrogens is 290 g/mol. The summed E-state index contributed by atoms with van der Waals surface area (Å²) < 4.78 is 0. The molecular formula is C19H19NO3. The number of rotatable bonds is 3. The number of benzene rings is 2. The first-order valence-corrected chi connectivity index (χ1v) is 7.79. The summed E-state index contributed by atoms with van der Waals surface area (Å²) in [5.74, 6) is -1.10. The molecule has 0 spiro atoms. The number of aromatic carboxylic acids is 1. The fourth-order valence-electron chi connectivity index (χ4n) is 2.89. The lowest BCUT2D eigenvalue weighted by molar-refractivity contribution is 0.0697. The molecule has 23 heavy (non-hydrogen) atoms. The van der Waals surface area contributed by atoms with Crippen LogP contribution in [-0.2, 0) is 0 Å². The summed E-state index contributed by atoms with van der Waals surface area (Å²) >= 11 is 0. The molecule has 0 aromatic heterocycles. The van der Waals surface area contributed by atoms with E-state index in [0.717, 1.165) is 42.6 Å². The number of aryl methyl sites for hydroxylation is 1. The number of hydrogen-bond acceptors (Lipinski definition) is 2. The third kappa shape index (κ3) is 3.26. The second-order valence-corrected chi connectivity index (χ2v) is 5.97. The van der Waals surface area contributed by atoms with Crippen molar-refractivity contribution in [3.8, 4) is 11.1 Å². The maximum atomic E-state index is 12.6. The van der Waals surface area contributed by atoms with Crippen molar-refractivity contribution in [1.82, 2.24) is 4.90 Å². The Morgan fingerprint density at radius 1 is 0.913 bits per heavy atom. The van der Waals surface area contributed by atoms with Gasteiger partial charge in [0.1, 0.15) is 0 Å². The Hall–Kier alpha value is -2.62. The summed E-state index contributed by atoms with van der Waals surface area (Å²) in [5, 5.41) is 9.35. The topological polar surface area (TPSA) is 57.6 Å². The highest BCUT2D eigenvalue weighted by Crippen LogP contribution is 2.24.